The molecule has 1 heterocycles. The molecule has 2 aromatic carbocycles. The molecule has 0 atom stereocenters. The molecule has 1 aromatic heterocycles. The fraction of sp³-hybridized carbons (Fsp3) is 0.118. The van der Waals surface area contributed by atoms with E-state index in [4.69, 9.17) is 0 Å². The third-order valence-electron chi connectivity index (χ3n) is 3.63. The second-order valence-corrected chi connectivity index (χ2v) is 6.95. The van der Waals surface area contributed by atoms with E-state index < -0.39 is 10.0 Å². The van der Waals surface area contributed by atoms with Crippen molar-refractivity contribution in [2.75, 3.05) is 4.72 Å². The van der Waals surface area contributed by atoms with Gasteiger partial charge in [-0.05, 0) is 49.2 Å². The normalized spacial score (nSPS) is 11.5. The molecule has 0 saturated carbocycles. The van der Waals surface area contributed by atoms with Gasteiger partial charge in [0.1, 0.15) is 0 Å². The number of para-hydroxylation sites is 1. The minimum atomic E-state index is -3.61. The zero-order valence-corrected chi connectivity index (χ0v) is 13.2. The number of fused-ring (bicyclic) bond motifs is 1. The van der Waals surface area contributed by atoms with E-state index in [0.29, 0.717) is 5.69 Å². The molecule has 0 spiro atoms. The van der Waals surface area contributed by atoms with E-state index in [1.54, 1.807) is 18.2 Å². The summed E-state index contributed by atoms with van der Waals surface area (Å²) in [5.41, 5.74) is 3.29. The van der Waals surface area contributed by atoms with Gasteiger partial charge in [-0.15, -0.1) is 0 Å². The van der Waals surface area contributed by atoms with Crippen LogP contribution >= 0.6 is 0 Å². The minimum absolute atomic E-state index is 0.253. The zero-order valence-electron chi connectivity index (χ0n) is 12.4. The number of anilines is 1. The van der Waals surface area contributed by atoms with Gasteiger partial charge < -0.3 is 0 Å². The van der Waals surface area contributed by atoms with E-state index in [0.717, 1.165) is 22.0 Å². The highest BCUT2D eigenvalue weighted by Gasteiger charge is 2.15. The number of aromatic nitrogens is 1. The average Bonchev–Trinajstić information content (AvgIpc) is 2.49. The Balaban J connectivity index is 1.97. The smallest absolute Gasteiger partial charge is 0.261 e. The number of aryl methyl sites for hydroxylation is 2. The first kappa shape index (κ1) is 14.5. The van der Waals surface area contributed by atoms with Crippen molar-refractivity contribution in [3.8, 4) is 0 Å². The molecule has 0 unspecified atom stereocenters. The number of benzene rings is 2. The molecule has 22 heavy (non-hydrogen) atoms. The molecular formula is C17H16N2O2S. The Kier molecular flexibility index (Phi) is 3.58. The molecule has 3 rings (SSSR count). The Morgan fingerprint density at radius 2 is 1.73 bits per heavy atom. The molecule has 0 saturated heterocycles. The van der Waals surface area contributed by atoms with Crippen LogP contribution in [0, 0.1) is 13.8 Å². The van der Waals surface area contributed by atoms with Crippen LogP contribution in [0.25, 0.3) is 10.9 Å². The first-order chi connectivity index (χ1) is 10.5. The third kappa shape index (κ3) is 2.80. The molecule has 112 valence electrons. The topological polar surface area (TPSA) is 59.1 Å². The maximum atomic E-state index is 12.5. The lowest BCUT2D eigenvalue weighted by Gasteiger charge is -2.10. The molecule has 0 bridgehead atoms. The van der Waals surface area contributed by atoms with Crippen molar-refractivity contribution in [1.82, 2.24) is 4.98 Å². The fourth-order valence-corrected chi connectivity index (χ4v) is 3.34. The molecule has 0 aliphatic heterocycles. The Hall–Kier alpha value is -2.40. The molecule has 1 N–H and O–H groups in total. The SMILES string of the molecule is Cc1ccc(S(=O)(=O)Nc2cnc3ccccc3c2)cc1C. The summed E-state index contributed by atoms with van der Waals surface area (Å²) in [6.07, 6.45) is 1.53. The lowest BCUT2D eigenvalue weighted by Crippen LogP contribution is -2.13. The molecule has 3 aromatic rings. The van der Waals surface area contributed by atoms with Crippen LogP contribution in [0.2, 0.25) is 0 Å². The monoisotopic (exact) mass is 312 g/mol. The van der Waals surface area contributed by atoms with Crippen molar-refractivity contribution in [1.29, 1.82) is 0 Å². The van der Waals surface area contributed by atoms with Crippen LogP contribution < -0.4 is 4.72 Å². The average molecular weight is 312 g/mol. The van der Waals surface area contributed by atoms with Crippen LogP contribution in [-0.2, 0) is 10.0 Å². The lowest BCUT2D eigenvalue weighted by molar-refractivity contribution is 0.601. The van der Waals surface area contributed by atoms with Crippen LogP contribution in [0.4, 0.5) is 5.69 Å². The highest BCUT2D eigenvalue weighted by molar-refractivity contribution is 7.92. The van der Waals surface area contributed by atoms with Gasteiger partial charge in [-0.3, -0.25) is 9.71 Å². The summed E-state index contributed by atoms with van der Waals surface area (Å²) >= 11 is 0. The quantitative estimate of drug-likeness (QED) is 0.803. The number of hydrogen-bond acceptors (Lipinski definition) is 3. The second kappa shape index (κ2) is 5.42. The number of nitrogens with zero attached hydrogens (tertiary/aromatic N) is 1. The van der Waals surface area contributed by atoms with Crippen LogP contribution in [0.5, 0.6) is 0 Å². The van der Waals surface area contributed by atoms with Gasteiger partial charge >= 0.3 is 0 Å². The molecule has 5 heteroatoms. The van der Waals surface area contributed by atoms with Crippen LogP contribution in [0.1, 0.15) is 11.1 Å². The molecule has 0 amide bonds. The van der Waals surface area contributed by atoms with Crippen molar-refractivity contribution < 1.29 is 8.42 Å². The molecule has 0 radical (unpaired) electrons. The largest absolute Gasteiger partial charge is 0.278 e. The van der Waals surface area contributed by atoms with Crippen molar-refractivity contribution in [3.63, 3.8) is 0 Å². The molecule has 0 fully saturated rings. The first-order valence-electron chi connectivity index (χ1n) is 6.90. The number of hydrogen-bond donors (Lipinski definition) is 1. The number of rotatable bonds is 3. The molecule has 0 aliphatic rings. The van der Waals surface area contributed by atoms with Crippen molar-refractivity contribution in [2.24, 2.45) is 0 Å². The summed E-state index contributed by atoms with van der Waals surface area (Å²) in [6, 6.07) is 14.4. The summed E-state index contributed by atoms with van der Waals surface area (Å²) in [5.74, 6) is 0. The minimum Gasteiger partial charge on any atom is -0.278 e. The van der Waals surface area contributed by atoms with Crippen molar-refractivity contribution in [3.05, 3.63) is 65.9 Å². The number of nitrogens with one attached hydrogen (secondary N) is 1. The Morgan fingerprint density at radius 3 is 2.50 bits per heavy atom. The number of sulfonamides is 1. The van der Waals surface area contributed by atoms with Crippen molar-refractivity contribution >= 4 is 26.6 Å². The van der Waals surface area contributed by atoms with Crippen molar-refractivity contribution in [2.45, 2.75) is 18.7 Å². The van der Waals surface area contributed by atoms with E-state index in [9.17, 15) is 8.42 Å². The van der Waals surface area contributed by atoms with Crippen LogP contribution in [-0.4, -0.2) is 13.4 Å². The number of pyridine rings is 1. The van der Waals surface area contributed by atoms with Gasteiger partial charge in [-0.25, -0.2) is 8.42 Å². The van der Waals surface area contributed by atoms with Crippen LogP contribution in [0.15, 0.2) is 59.6 Å². The van der Waals surface area contributed by atoms with Gasteiger partial charge in [0.15, 0.2) is 0 Å². The summed E-state index contributed by atoms with van der Waals surface area (Å²) in [4.78, 5) is 4.52. The maximum absolute atomic E-state index is 12.5. The molecule has 4 nitrogen and oxygen atoms in total. The van der Waals surface area contributed by atoms with Gasteiger partial charge in [0.25, 0.3) is 10.0 Å². The van der Waals surface area contributed by atoms with E-state index in [2.05, 4.69) is 9.71 Å². The Bertz CT molecular complexity index is 950. The fourth-order valence-electron chi connectivity index (χ4n) is 2.22. The predicted octanol–water partition coefficient (Wildman–Crippen LogP) is 3.65. The van der Waals surface area contributed by atoms with Gasteiger partial charge in [0.05, 0.1) is 22.3 Å². The summed E-state index contributed by atoms with van der Waals surface area (Å²) < 4.78 is 27.5. The van der Waals surface area contributed by atoms with Gasteiger partial charge in [0.2, 0.25) is 0 Å². The maximum Gasteiger partial charge on any atom is 0.261 e. The van der Waals surface area contributed by atoms with E-state index in [1.165, 1.54) is 6.20 Å². The van der Waals surface area contributed by atoms with Gasteiger partial charge in [-0.1, -0.05) is 24.3 Å². The summed E-state index contributed by atoms with van der Waals surface area (Å²) in [5, 5.41) is 0.891. The highest BCUT2D eigenvalue weighted by Crippen LogP contribution is 2.21. The summed E-state index contributed by atoms with van der Waals surface area (Å²) in [7, 11) is -3.61. The van der Waals surface area contributed by atoms with Gasteiger partial charge in [0, 0.05) is 5.39 Å². The predicted molar refractivity (Wildman–Crippen MR) is 88.5 cm³/mol. The Morgan fingerprint density at radius 1 is 0.955 bits per heavy atom. The van der Waals surface area contributed by atoms with E-state index in [1.807, 2.05) is 44.2 Å². The standard InChI is InChI=1S/C17H16N2O2S/c1-12-7-8-16(9-13(12)2)22(20,21)19-15-10-14-5-3-4-6-17(14)18-11-15/h3-11,19H,1-2H3. The van der Waals surface area contributed by atoms with E-state index in [-0.39, 0.29) is 4.90 Å². The van der Waals surface area contributed by atoms with E-state index >= 15 is 0 Å². The molecular weight excluding hydrogens is 296 g/mol. The first-order valence-corrected chi connectivity index (χ1v) is 8.39. The second-order valence-electron chi connectivity index (χ2n) is 5.27. The van der Waals surface area contributed by atoms with Crippen LogP contribution in [0.3, 0.4) is 0 Å². The highest BCUT2D eigenvalue weighted by atomic mass is 32.2. The lowest BCUT2D eigenvalue weighted by atomic mass is 10.1. The Labute approximate surface area is 129 Å². The zero-order chi connectivity index (χ0) is 15.7. The third-order valence-corrected chi connectivity index (χ3v) is 5.01. The molecule has 0 aliphatic carbocycles. The van der Waals surface area contributed by atoms with Gasteiger partial charge in [-0.2, -0.15) is 0 Å². The summed E-state index contributed by atoms with van der Waals surface area (Å²) in [6.45, 7) is 3.85.